The van der Waals surface area contributed by atoms with Crippen LogP contribution < -0.4 is 0 Å². The van der Waals surface area contributed by atoms with Crippen molar-refractivity contribution < 1.29 is 5.11 Å². The first-order chi connectivity index (χ1) is 5.16. The lowest BCUT2D eigenvalue weighted by Crippen LogP contribution is -2.01. The fraction of sp³-hybridized carbons (Fsp3) is 0.800. The SMILES string of the molecule is CCCCC[C@H](O)C=C(C)C. The van der Waals surface area contributed by atoms with Crippen LogP contribution in [0.5, 0.6) is 0 Å². The Labute approximate surface area is 70.1 Å². The summed E-state index contributed by atoms with van der Waals surface area (Å²) in [6.45, 7) is 6.21. The fourth-order valence-electron chi connectivity index (χ4n) is 1.07. The van der Waals surface area contributed by atoms with E-state index in [0.717, 1.165) is 12.8 Å². The first kappa shape index (κ1) is 10.7. The standard InChI is InChI=1S/C10H20O/c1-4-5-6-7-10(11)8-9(2)3/h8,10-11H,4-7H2,1-3H3/t10-/m0/s1. The minimum absolute atomic E-state index is 0.216. The van der Waals surface area contributed by atoms with Crippen LogP contribution in [0.15, 0.2) is 11.6 Å². The van der Waals surface area contributed by atoms with Gasteiger partial charge in [0.05, 0.1) is 6.10 Å². The maximum atomic E-state index is 9.37. The van der Waals surface area contributed by atoms with Crippen molar-refractivity contribution in [2.45, 2.75) is 52.6 Å². The van der Waals surface area contributed by atoms with E-state index in [4.69, 9.17) is 0 Å². The third kappa shape index (κ3) is 7.60. The van der Waals surface area contributed by atoms with E-state index in [-0.39, 0.29) is 6.10 Å². The van der Waals surface area contributed by atoms with Crippen molar-refractivity contribution in [1.82, 2.24) is 0 Å². The molecule has 0 aromatic rings. The summed E-state index contributed by atoms with van der Waals surface area (Å²) in [5, 5.41) is 9.37. The molecule has 0 aromatic carbocycles. The van der Waals surface area contributed by atoms with Crippen molar-refractivity contribution in [3.63, 3.8) is 0 Å². The monoisotopic (exact) mass is 156 g/mol. The number of unbranched alkanes of at least 4 members (excludes halogenated alkanes) is 2. The van der Waals surface area contributed by atoms with Crippen molar-refractivity contribution >= 4 is 0 Å². The van der Waals surface area contributed by atoms with Gasteiger partial charge in [0.2, 0.25) is 0 Å². The van der Waals surface area contributed by atoms with E-state index in [0.29, 0.717) is 0 Å². The highest BCUT2D eigenvalue weighted by atomic mass is 16.3. The van der Waals surface area contributed by atoms with E-state index < -0.39 is 0 Å². The van der Waals surface area contributed by atoms with Gasteiger partial charge in [-0.3, -0.25) is 0 Å². The highest BCUT2D eigenvalue weighted by Gasteiger charge is 1.97. The summed E-state index contributed by atoms with van der Waals surface area (Å²) in [6.07, 6.45) is 6.22. The molecular weight excluding hydrogens is 136 g/mol. The van der Waals surface area contributed by atoms with Gasteiger partial charge >= 0.3 is 0 Å². The third-order valence-electron chi connectivity index (χ3n) is 1.63. The van der Waals surface area contributed by atoms with Gasteiger partial charge in [-0.15, -0.1) is 0 Å². The molecule has 66 valence electrons. The molecule has 1 nitrogen and oxygen atoms in total. The van der Waals surface area contributed by atoms with Crippen molar-refractivity contribution in [3.05, 3.63) is 11.6 Å². The summed E-state index contributed by atoms with van der Waals surface area (Å²) in [4.78, 5) is 0. The average molecular weight is 156 g/mol. The summed E-state index contributed by atoms with van der Waals surface area (Å²) >= 11 is 0. The van der Waals surface area contributed by atoms with Gasteiger partial charge in [0.15, 0.2) is 0 Å². The Balaban J connectivity index is 3.37. The Kier molecular flexibility index (Phi) is 6.24. The highest BCUT2D eigenvalue weighted by Crippen LogP contribution is 2.05. The normalized spacial score (nSPS) is 12.7. The average Bonchev–Trinajstić information content (AvgIpc) is 1.86. The van der Waals surface area contributed by atoms with Crippen molar-refractivity contribution in [3.8, 4) is 0 Å². The van der Waals surface area contributed by atoms with Gasteiger partial charge in [0.25, 0.3) is 0 Å². The zero-order valence-corrected chi connectivity index (χ0v) is 7.93. The number of rotatable bonds is 5. The zero-order valence-electron chi connectivity index (χ0n) is 7.93. The number of hydrogen-bond acceptors (Lipinski definition) is 1. The summed E-state index contributed by atoms with van der Waals surface area (Å²) in [7, 11) is 0. The molecule has 1 heteroatoms. The second kappa shape index (κ2) is 6.41. The molecule has 0 aliphatic heterocycles. The molecule has 0 spiro atoms. The minimum Gasteiger partial charge on any atom is -0.389 e. The lowest BCUT2D eigenvalue weighted by molar-refractivity contribution is 0.207. The number of aliphatic hydroxyl groups excluding tert-OH is 1. The van der Waals surface area contributed by atoms with Crippen LogP contribution in [0, 0.1) is 0 Å². The third-order valence-corrected chi connectivity index (χ3v) is 1.63. The van der Waals surface area contributed by atoms with Crippen LogP contribution in [0.4, 0.5) is 0 Å². The summed E-state index contributed by atoms with van der Waals surface area (Å²) in [5.74, 6) is 0. The summed E-state index contributed by atoms with van der Waals surface area (Å²) in [6, 6.07) is 0. The van der Waals surface area contributed by atoms with E-state index >= 15 is 0 Å². The van der Waals surface area contributed by atoms with Gasteiger partial charge in [-0.25, -0.2) is 0 Å². The van der Waals surface area contributed by atoms with E-state index in [9.17, 15) is 5.11 Å². The number of aliphatic hydroxyl groups is 1. The molecule has 11 heavy (non-hydrogen) atoms. The van der Waals surface area contributed by atoms with Crippen molar-refractivity contribution in [1.29, 1.82) is 0 Å². The van der Waals surface area contributed by atoms with Crippen LogP contribution in [0.2, 0.25) is 0 Å². The molecular formula is C10H20O. The summed E-state index contributed by atoms with van der Waals surface area (Å²) in [5.41, 5.74) is 1.20. The second-order valence-electron chi connectivity index (χ2n) is 3.31. The van der Waals surface area contributed by atoms with Crippen LogP contribution in [0.25, 0.3) is 0 Å². The Bertz CT molecular complexity index is 112. The minimum atomic E-state index is -0.216. The highest BCUT2D eigenvalue weighted by molar-refractivity contribution is 4.97. The fourth-order valence-corrected chi connectivity index (χ4v) is 1.07. The molecule has 1 atom stereocenters. The molecule has 1 N–H and O–H groups in total. The van der Waals surface area contributed by atoms with Crippen molar-refractivity contribution in [2.24, 2.45) is 0 Å². The first-order valence-electron chi connectivity index (χ1n) is 4.50. The summed E-state index contributed by atoms with van der Waals surface area (Å²) < 4.78 is 0. The van der Waals surface area contributed by atoms with Crippen LogP contribution in [0.1, 0.15) is 46.5 Å². The van der Waals surface area contributed by atoms with Crippen LogP contribution in [-0.4, -0.2) is 11.2 Å². The van der Waals surface area contributed by atoms with Gasteiger partial charge in [0, 0.05) is 0 Å². The molecule has 0 heterocycles. The zero-order chi connectivity index (χ0) is 8.69. The van der Waals surface area contributed by atoms with Crippen LogP contribution >= 0.6 is 0 Å². The maximum absolute atomic E-state index is 9.37. The molecule has 0 aliphatic rings. The molecule has 0 bridgehead atoms. The Morgan fingerprint density at radius 1 is 1.36 bits per heavy atom. The smallest absolute Gasteiger partial charge is 0.0723 e. The molecule has 0 aliphatic carbocycles. The van der Waals surface area contributed by atoms with E-state index in [1.807, 2.05) is 19.9 Å². The van der Waals surface area contributed by atoms with E-state index in [2.05, 4.69) is 6.92 Å². The second-order valence-corrected chi connectivity index (χ2v) is 3.31. The van der Waals surface area contributed by atoms with Gasteiger partial charge in [0.1, 0.15) is 0 Å². The van der Waals surface area contributed by atoms with Gasteiger partial charge < -0.3 is 5.11 Å². The molecule has 0 unspecified atom stereocenters. The Morgan fingerprint density at radius 3 is 2.45 bits per heavy atom. The van der Waals surface area contributed by atoms with Gasteiger partial charge in [-0.2, -0.15) is 0 Å². The van der Waals surface area contributed by atoms with Crippen LogP contribution in [-0.2, 0) is 0 Å². The largest absolute Gasteiger partial charge is 0.389 e. The molecule has 0 rings (SSSR count). The lowest BCUT2D eigenvalue weighted by Gasteiger charge is -2.04. The molecule has 0 radical (unpaired) electrons. The Morgan fingerprint density at radius 2 is 2.00 bits per heavy atom. The molecule has 0 saturated heterocycles. The molecule has 0 saturated carbocycles. The van der Waals surface area contributed by atoms with E-state index in [1.54, 1.807) is 0 Å². The number of allylic oxidation sites excluding steroid dienone is 1. The van der Waals surface area contributed by atoms with E-state index in [1.165, 1.54) is 18.4 Å². The maximum Gasteiger partial charge on any atom is 0.0723 e. The predicted octanol–water partition coefficient (Wildman–Crippen LogP) is 2.89. The molecule has 0 aromatic heterocycles. The quantitative estimate of drug-likeness (QED) is 0.479. The number of hydrogen-bond donors (Lipinski definition) is 1. The topological polar surface area (TPSA) is 20.2 Å². The Hall–Kier alpha value is -0.300. The van der Waals surface area contributed by atoms with Crippen molar-refractivity contribution in [2.75, 3.05) is 0 Å². The lowest BCUT2D eigenvalue weighted by atomic mass is 10.1. The first-order valence-corrected chi connectivity index (χ1v) is 4.50. The van der Waals surface area contributed by atoms with Gasteiger partial charge in [-0.05, 0) is 20.3 Å². The van der Waals surface area contributed by atoms with Gasteiger partial charge in [-0.1, -0.05) is 37.8 Å². The predicted molar refractivity (Wildman–Crippen MR) is 49.6 cm³/mol. The molecule has 0 amide bonds. The molecule has 0 fully saturated rings. The van der Waals surface area contributed by atoms with Crippen LogP contribution in [0.3, 0.4) is 0 Å².